The van der Waals surface area contributed by atoms with Gasteiger partial charge in [-0.1, -0.05) is 5.92 Å². The Balaban J connectivity index is 3.02. The predicted octanol–water partition coefficient (Wildman–Crippen LogP) is 1.50. The first-order chi connectivity index (χ1) is 2.91. The second-order valence-corrected chi connectivity index (χ2v) is 1.45. The Bertz CT molecular complexity index is 76.4. The second-order valence-electron chi connectivity index (χ2n) is 0.705. The zero-order chi connectivity index (χ0) is 4.83. The van der Waals surface area contributed by atoms with Gasteiger partial charge in [-0.3, -0.25) is 0 Å². The molecule has 0 aliphatic carbocycles. The van der Waals surface area contributed by atoms with E-state index in [2.05, 4.69) is 5.92 Å². The molecule has 0 radical (unpaired) electrons. The summed E-state index contributed by atoms with van der Waals surface area (Å²) in [6.07, 6.45) is 8.50. The van der Waals surface area contributed by atoms with Crippen LogP contribution in [0.15, 0.2) is 11.5 Å². The van der Waals surface area contributed by atoms with E-state index in [0.717, 1.165) is 0 Å². The first-order valence-corrected chi connectivity index (χ1v) is 2.84. The number of allylic oxidation sites excluding steroid dienone is 1. The molecular formula is C5H6S. The topological polar surface area (TPSA) is 0 Å². The number of thioether (sulfide) groups is 1. The minimum atomic E-state index is 1.60. The van der Waals surface area contributed by atoms with Crippen molar-refractivity contribution >= 4 is 11.8 Å². The number of hydrogen-bond acceptors (Lipinski definition) is 1. The second kappa shape index (κ2) is 4.65. The van der Waals surface area contributed by atoms with Gasteiger partial charge < -0.3 is 0 Å². The summed E-state index contributed by atoms with van der Waals surface area (Å²) in [5, 5.41) is 1.86. The van der Waals surface area contributed by atoms with Gasteiger partial charge in [-0.15, -0.1) is 18.2 Å². The highest BCUT2D eigenvalue weighted by Crippen LogP contribution is 1.89. The van der Waals surface area contributed by atoms with Crippen LogP contribution >= 0.6 is 11.8 Å². The highest BCUT2D eigenvalue weighted by Gasteiger charge is 1.54. The number of terminal acetylenes is 1. The van der Waals surface area contributed by atoms with Crippen molar-refractivity contribution in [3.8, 4) is 12.3 Å². The molecule has 32 valence electrons. The van der Waals surface area contributed by atoms with Crippen molar-refractivity contribution in [3.63, 3.8) is 0 Å². The molecule has 0 bridgehead atoms. The van der Waals surface area contributed by atoms with Gasteiger partial charge in [0.15, 0.2) is 0 Å². The first-order valence-electron chi connectivity index (χ1n) is 1.55. The molecular weight excluding hydrogens is 92.1 g/mol. The summed E-state index contributed by atoms with van der Waals surface area (Å²) >= 11 is 1.60. The minimum absolute atomic E-state index is 1.60. The molecule has 0 fully saturated rings. The number of rotatable bonds is 1. The van der Waals surface area contributed by atoms with Gasteiger partial charge in [0, 0.05) is 0 Å². The van der Waals surface area contributed by atoms with Crippen LogP contribution in [0.2, 0.25) is 0 Å². The third-order valence-electron chi connectivity index (χ3n) is 0.300. The molecule has 1 heteroatoms. The van der Waals surface area contributed by atoms with E-state index >= 15 is 0 Å². The van der Waals surface area contributed by atoms with E-state index in [-0.39, 0.29) is 0 Å². The zero-order valence-electron chi connectivity index (χ0n) is 3.64. The van der Waals surface area contributed by atoms with Gasteiger partial charge in [0.05, 0.1) is 0 Å². The standard InChI is InChI=1S/C5H6S/c1-3-4-5-6-2/h1,4-5H,2H3/b5-4-. The molecule has 0 rings (SSSR count). The van der Waals surface area contributed by atoms with Gasteiger partial charge in [0.25, 0.3) is 0 Å². The van der Waals surface area contributed by atoms with E-state index in [4.69, 9.17) is 6.42 Å². The fourth-order valence-corrected chi connectivity index (χ4v) is 0.322. The van der Waals surface area contributed by atoms with E-state index in [0.29, 0.717) is 0 Å². The summed E-state index contributed by atoms with van der Waals surface area (Å²) in [7, 11) is 0. The average Bonchev–Trinajstić information content (AvgIpc) is 1.61. The van der Waals surface area contributed by atoms with Crippen LogP contribution in [0.1, 0.15) is 0 Å². The van der Waals surface area contributed by atoms with E-state index in [1.54, 1.807) is 17.8 Å². The van der Waals surface area contributed by atoms with Crippen LogP contribution in [-0.2, 0) is 0 Å². The van der Waals surface area contributed by atoms with Crippen molar-refractivity contribution in [3.05, 3.63) is 11.5 Å². The van der Waals surface area contributed by atoms with Crippen molar-refractivity contribution < 1.29 is 0 Å². The van der Waals surface area contributed by atoms with Crippen LogP contribution in [0.3, 0.4) is 0 Å². The fourth-order valence-electron chi connectivity index (χ4n) is 0.107. The third kappa shape index (κ3) is 3.65. The Hall–Kier alpha value is -0.350. The Labute approximate surface area is 42.6 Å². The lowest BCUT2D eigenvalue weighted by Crippen LogP contribution is -1.40. The lowest BCUT2D eigenvalue weighted by atomic mass is 10.7. The molecule has 0 nitrogen and oxygen atoms in total. The molecule has 0 unspecified atom stereocenters. The van der Waals surface area contributed by atoms with Crippen LogP contribution in [0.4, 0.5) is 0 Å². The van der Waals surface area contributed by atoms with Crippen LogP contribution in [-0.4, -0.2) is 6.26 Å². The maximum Gasteiger partial charge on any atom is -0.00586 e. The average molecular weight is 98.2 g/mol. The van der Waals surface area contributed by atoms with Crippen molar-refractivity contribution in [2.75, 3.05) is 6.26 Å². The van der Waals surface area contributed by atoms with Gasteiger partial charge in [0.1, 0.15) is 0 Å². The minimum Gasteiger partial charge on any atom is -0.137 e. The molecule has 0 aliphatic rings. The fraction of sp³-hybridized carbons (Fsp3) is 0.200. The van der Waals surface area contributed by atoms with Crippen molar-refractivity contribution in [1.29, 1.82) is 0 Å². The van der Waals surface area contributed by atoms with Gasteiger partial charge >= 0.3 is 0 Å². The molecule has 0 amide bonds. The maximum atomic E-state index is 4.86. The largest absolute Gasteiger partial charge is 0.137 e. The Morgan fingerprint density at radius 3 is 2.67 bits per heavy atom. The third-order valence-corrected chi connectivity index (χ3v) is 0.709. The molecule has 0 aliphatic heterocycles. The van der Waals surface area contributed by atoms with Gasteiger partial charge in [0.2, 0.25) is 0 Å². The first kappa shape index (κ1) is 5.65. The Morgan fingerprint density at radius 1 is 1.83 bits per heavy atom. The summed E-state index contributed by atoms with van der Waals surface area (Å²) in [6, 6.07) is 0. The molecule has 0 heterocycles. The van der Waals surface area contributed by atoms with E-state index in [9.17, 15) is 0 Å². The maximum absolute atomic E-state index is 4.86. The zero-order valence-corrected chi connectivity index (χ0v) is 4.46. The molecule has 6 heavy (non-hydrogen) atoms. The summed E-state index contributed by atoms with van der Waals surface area (Å²) < 4.78 is 0. The normalized spacial score (nSPS) is 8.67. The van der Waals surface area contributed by atoms with Crippen molar-refractivity contribution in [1.82, 2.24) is 0 Å². The molecule has 0 aromatic carbocycles. The van der Waals surface area contributed by atoms with E-state index in [1.165, 1.54) is 0 Å². The quantitative estimate of drug-likeness (QED) is 0.448. The highest BCUT2D eigenvalue weighted by molar-refractivity contribution is 8.01. The molecule has 0 atom stereocenters. The van der Waals surface area contributed by atoms with Crippen LogP contribution in [0.25, 0.3) is 0 Å². The highest BCUT2D eigenvalue weighted by atomic mass is 32.2. The Kier molecular flexibility index (Phi) is 4.38. The lowest BCUT2D eigenvalue weighted by Gasteiger charge is -1.66. The summed E-state index contributed by atoms with van der Waals surface area (Å²) in [4.78, 5) is 0. The molecule has 0 spiro atoms. The van der Waals surface area contributed by atoms with Crippen molar-refractivity contribution in [2.45, 2.75) is 0 Å². The molecule has 0 N–H and O–H groups in total. The number of hydrogen-bond donors (Lipinski definition) is 0. The van der Waals surface area contributed by atoms with Gasteiger partial charge in [-0.05, 0) is 17.7 Å². The van der Waals surface area contributed by atoms with Crippen molar-refractivity contribution in [2.24, 2.45) is 0 Å². The molecule has 0 aromatic heterocycles. The van der Waals surface area contributed by atoms with Gasteiger partial charge in [-0.2, -0.15) is 0 Å². The summed E-state index contributed by atoms with van der Waals surface area (Å²) in [5.74, 6) is 2.37. The molecule has 0 saturated carbocycles. The van der Waals surface area contributed by atoms with E-state index in [1.807, 2.05) is 11.7 Å². The monoisotopic (exact) mass is 98.0 g/mol. The van der Waals surface area contributed by atoms with Crippen LogP contribution in [0, 0.1) is 12.3 Å². The van der Waals surface area contributed by atoms with Crippen LogP contribution < -0.4 is 0 Å². The molecule has 0 saturated heterocycles. The predicted molar refractivity (Wildman–Crippen MR) is 31.5 cm³/mol. The lowest BCUT2D eigenvalue weighted by molar-refractivity contribution is 2.27. The molecule has 0 aromatic rings. The summed E-state index contributed by atoms with van der Waals surface area (Å²) in [5.41, 5.74) is 0. The Morgan fingerprint density at radius 2 is 2.50 bits per heavy atom. The smallest absolute Gasteiger partial charge is 0.00586 e. The van der Waals surface area contributed by atoms with Gasteiger partial charge in [-0.25, -0.2) is 0 Å². The SMILES string of the molecule is C#C/C=C\SC. The van der Waals surface area contributed by atoms with E-state index < -0.39 is 0 Å². The summed E-state index contributed by atoms with van der Waals surface area (Å²) in [6.45, 7) is 0. The van der Waals surface area contributed by atoms with Crippen LogP contribution in [0.5, 0.6) is 0 Å².